The second kappa shape index (κ2) is 17.8. The summed E-state index contributed by atoms with van der Waals surface area (Å²) in [7, 11) is 2.86. The van der Waals surface area contributed by atoms with Gasteiger partial charge in [-0.25, -0.2) is 9.59 Å². The SMILES string of the molecule is CC(=O)C(=O)OCC(CCC(C)CC(C)(C)C)C(C)CCC(C)(C)C.COc1cccc(OC)c1OC(=O)C(C)=O. The quantitative estimate of drug-likeness (QED) is 0.129. The zero-order chi connectivity index (χ0) is 32.0. The monoisotopic (exact) mass is 578 g/mol. The molecule has 0 spiro atoms. The predicted octanol–water partition coefficient (Wildman–Crippen LogP) is 7.25. The van der Waals surface area contributed by atoms with Gasteiger partial charge in [0.2, 0.25) is 17.3 Å². The number of methoxy groups -OCH3 is 2. The van der Waals surface area contributed by atoms with Crippen LogP contribution in [0.4, 0.5) is 0 Å². The number of ether oxygens (including phenoxy) is 4. The number of esters is 2. The molecule has 1 rings (SSSR count). The van der Waals surface area contributed by atoms with Crippen LogP contribution in [0.3, 0.4) is 0 Å². The number of carbonyl (C=O) groups excluding carboxylic acids is 4. The van der Waals surface area contributed by atoms with E-state index in [1.54, 1.807) is 18.2 Å². The number of hydrogen-bond donors (Lipinski definition) is 0. The van der Waals surface area contributed by atoms with E-state index in [-0.39, 0.29) is 5.75 Å². The highest BCUT2D eigenvalue weighted by atomic mass is 16.6. The highest BCUT2D eigenvalue weighted by molar-refractivity contribution is 6.33. The van der Waals surface area contributed by atoms with Crippen molar-refractivity contribution in [1.82, 2.24) is 0 Å². The summed E-state index contributed by atoms with van der Waals surface area (Å²) in [6, 6.07) is 4.89. The molecule has 0 saturated heterocycles. The predicted molar refractivity (Wildman–Crippen MR) is 161 cm³/mol. The van der Waals surface area contributed by atoms with Crippen molar-refractivity contribution in [2.24, 2.45) is 28.6 Å². The molecule has 1 aromatic carbocycles. The summed E-state index contributed by atoms with van der Waals surface area (Å²) in [6.07, 6.45) is 5.67. The van der Waals surface area contributed by atoms with E-state index in [0.29, 0.717) is 46.7 Å². The molecule has 8 heteroatoms. The van der Waals surface area contributed by atoms with E-state index >= 15 is 0 Å². The smallest absolute Gasteiger partial charge is 0.379 e. The Balaban J connectivity index is 0.000000856. The maximum Gasteiger partial charge on any atom is 0.379 e. The minimum atomic E-state index is -0.956. The Bertz CT molecular complexity index is 962. The van der Waals surface area contributed by atoms with Gasteiger partial charge in [0.25, 0.3) is 0 Å². The highest BCUT2D eigenvalue weighted by Gasteiger charge is 2.24. The van der Waals surface area contributed by atoms with Crippen LogP contribution in [-0.4, -0.2) is 44.3 Å². The molecular weight excluding hydrogens is 524 g/mol. The Morgan fingerprint density at radius 3 is 1.68 bits per heavy atom. The summed E-state index contributed by atoms with van der Waals surface area (Å²) in [5.41, 5.74) is 0.655. The molecule has 0 N–H and O–H groups in total. The van der Waals surface area contributed by atoms with Crippen LogP contribution < -0.4 is 14.2 Å². The zero-order valence-corrected chi connectivity index (χ0v) is 27.5. The van der Waals surface area contributed by atoms with E-state index in [1.165, 1.54) is 27.6 Å². The van der Waals surface area contributed by atoms with Crippen LogP contribution in [0, 0.1) is 28.6 Å². The lowest BCUT2D eigenvalue weighted by Crippen LogP contribution is -2.25. The second-order valence-electron chi connectivity index (χ2n) is 13.4. The van der Waals surface area contributed by atoms with Crippen molar-refractivity contribution in [2.75, 3.05) is 20.8 Å². The number of rotatable bonds is 14. The molecule has 0 fully saturated rings. The maximum absolute atomic E-state index is 11.5. The first-order chi connectivity index (χ1) is 18.8. The van der Waals surface area contributed by atoms with E-state index in [9.17, 15) is 19.2 Å². The number of ketones is 2. The average molecular weight is 579 g/mol. The van der Waals surface area contributed by atoms with Crippen molar-refractivity contribution in [3.05, 3.63) is 18.2 Å². The summed E-state index contributed by atoms with van der Waals surface area (Å²) in [5, 5.41) is 0. The molecule has 0 aromatic heterocycles. The fraction of sp³-hybridized carbons (Fsp3) is 0.697. The lowest BCUT2D eigenvalue weighted by molar-refractivity contribution is -0.154. The fourth-order valence-corrected chi connectivity index (χ4v) is 4.44. The summed E-state index contributed by atoms with van der Waals surface area (Å²) in [6.45, 7) is 20.9. The van der Waals surface area contributed by atoms with Gasteiger partial charge in [0.1, 0.15) is 0 Å². The van der Waals surface area contributed by atoms with Crippen molar-refractivity contribution in [3.8, 4) is 17.2 Å². The van der Waals surface area contributed by atoms with Gasteiger partial charge in [-0.3, -0.25) is 9.59 Å². The van der Waals surface area contributed by atoms with Gasteiger partial charge in [-0.05, 0) is 66.4 Å². The van der Waals surface area contributed by atoms with Crippen LogP contribution in [0.15, 0.2) is 18.2 Å². The van der Waals surface area contributed by atoms with Crippen molar-refractivity contribution >= 4 is 23.5 Å². The summed E-state index contributed by atoms with van der Waals surface area (Å²) >= 11 is 0. The Morgan fingerprint density at radius 2 is 1.27 bits per heavy atom. The Labute approximate surface area is 247 Å². The summed E-state index contributed by atoms with van der Waals surface area (Å²) in [5.74, 6) is -0.626. The summed E-state index contributed by atoms with van der Waals surface area (Å²) in [4.78, 5) is 44.6. The molecule has 3 atom stereocenters. The molecule has 0 aliphatic heterocycles. The molecule has 3 unspecified atom stereocenters. The second-order valence-corrected chi connectivity index (χ2v) is 13.4. The van der Waals surface area contributed by atoms with E-state index in [2.05, 4.69) is 55.4 Å². The third kappa shape index (κ3) is 16.8. The largest absolute Gasteiger partial charge is 0.493 e. The number of hydrogen-bond acceptors (Lipinski definition) is 8. The van der Waals surface area contributed by atoms with Crippen LogP contribution in [0.25, 0.3) is 0 Å². The Hall–Kier alpha value is -2.90. The van der Waals surface area contributed by atoms with Gasteiger partial charge in [0.15, 0.2) is 11.5 Å². The molecule has 8 nitrogen and oxygen atoms in total. The fourth-order valence-electron chi connectivity index (χ4n) is 4.44. The van der Waals surface area contributed by atoms with Crippen molar-refractivity contribution in [2.45, 2.75) is 101 Å². The zero-order valence-electron chi connectivity index (χ0n) is 27.5. The van der Waals surface area contributed by atoms with Gasteiger partial charge in [-0.1, -0.05) is 67.9 Å². The van der Waals surface area contributed by atoms with Gasteiger partial charge >= 0.3 is 11.9 Å². The van der Waals surface area contributed by atoms with E-state index < -0.39 is 23.5 Å². The number of benzene rings is 1. The van der Waals surface area contributed by atoms with Gasteiger partial charge in [-0.15, -0.1) is 0 Å². The molecule has 0 aliphatic rings. The first-order valence-electron chi connectivity index (χ1n) is 14.4. The molecular formula is C33H54O8. The van der Waals surface area contributed by atoms with Gasteiger partial charge in [0, 0.05) is 13.8 Å². The average Bonchev–Trinajstić information content (AvgIpc) is 2.85. The number of carbonyl (C=O) groups is 4. The first kappa shape index (κ1) is 38.1. The topological polar surface area (TPSA) is 105 Å². The maximum atomic E-state index is 11.5. The molecule has 0 heterocycles. The van der Waals surface area contributed by atoms with E-state index in [1.807, 2.05) is 0 Å². The van der Waals surface area contributed by atoms with Gasteiger partial charge < -0.3 is 18.9 Å². The first-order valence-corrected chi connectivity index (χ1v) is 14.4. The molecule has 0 saturated carbocycles. The minimum absolute atomic E-state index is 0.104. The summed E-state index contributed by atoms with van der Waals surface area (Å²) < 4.78 is 20.1. The van der Waals surface area contributed by atoms with Crippen LogP contribution in [0.5, 0.6) is 17.2 Å². The molecule has 0 bridgehead atoms. The molecule has 1 aromatic rings. The molecule has 0 radical (unpaired) electrons. The van der Waals surface area contributed by atoms with Crippen LogP contribution >= 0.6 is 0 Å². The van der Waals surface area contributed by atoms with Crippen LogP contribution in [0.1, 0.15) is 101 Å². The molecule has 234 valence electrons. The van der Waals surface area contributed by atoms with Crippen LogP contribution in [-0.2, 0) is 23.9 Å². The van der Waals surface area contributed by atoms with Crippen LogP contribution in [0.2, 0.25) is 0 Å². The lowest BCUT2D eigenvalue weighted by Gasteiger charge is -2.29. The molecule has 0 aliphatic carbocycles. The van der Waals surface area contributed by atoms with Gasteiger partial charge in [-0.2, -0.15) is 0 Å². The normalized spacial score (nSPS) is 13.6. The Kier molecular flexibility index (Phi) is 16.6. The standard InChI is InChI=1S/C22H42O3.C11H12O5/c1-16(14-22(7,8)9)10-11-19(15-25-20(24)18(3)23)17(2)12-13-21(4,5)6;1-7(12)11(13)16-10-8(14-2)5-4-6-9(10)15-3/h16-17,19H,10-15H2,1-9H3;4-6H,1-3H3. The van der Waals surface area contributed by atoms with Crippen molar-refractivity contribution in [1.29, 1.82) is 0 Å². The van der Waals surface area contributed by atoms with Gasteiger partial charge in [0.05, 0.1) is 20.8 Å². The number of para-hydroxylation sites is 1. The minimum Gasteiger partial charge on any atom is -0.493 e. The van der Waals surface area contributed by atoms with E-state index in [0.717, 1.165) is 32.6 Å². The van der Waals surface area contributed by atoms with Crippen molar-refractivity contribution in [3.63, 3.8) is 0 Å². The lowest BCUT2D eigenvalue weighted by atomic mass is 9.78. The highest BCUT2D eigenvalue weighted by Crippen LogP contribution is 2.37. The third-order valence-electron chi connectivity index (χ3n) is 6.73. The van der Waals surface area contributed by atoms with Crippen molar-refractivity contribution < 1.29 is 38.1 Å². The Morgan fingerprint density at radius 1 is 0.756 bits per heavy atom. The number of Topliss-reactive ketones (excluding diaryl/α,β-unsaturated/α-hetero) is 2. The third-order valence-corrected chi connectivity index (χ3v) is 6.73. The molecule has 0 amide bonds. The molecule has 41 heavy (non-hydrogen) atoms. The van der Waals surface area contributed by atoms with E-state index in [4.69, 9.17) is 18.9 Å².